The molecule has 7 heteroatoms. The Hall–Kier alpha value is -2.18. The minimum Gasteiger partial charge on any atom is -0.334 e. The highest BCUT2D eigenvalue weighted by molar-refractivity contribution is 5.92. The number of rotatable bonds is 3. The fraction of sp³-hybridized carbons (Fsp3) is 0.353. The van der Waals surface area contributed by atoms with Gasteiger partial charge in [-0.1, -0.05) is 18.2 Å². The van der Waals surface area contributed by atoms with Crippen molar-refractivity contribution in [3.05, 3.63) is 58.5 Å². The second-order valence-corrected chi connectivity index (χ2v) is 5.95. The van der Waals surface area contributed by atoms with Crippen LogP contribution in [0.15, 0.2) is 47.3 Å². The van der Waals surface area contributed by atoms with Crippen LogP contribution in [0.2, 0.25) is 0 Å². The Morgan fingerprint density at radius 3 is 2.58 bits per heavy atom. The fourth-order valence-electron chi connectivity index (χ4n) is 3.02. The maximum atomic E-state index is 12.7. The number of benzene rings is 1. The lowest BCUT2D eigenvalue weighted by atomic mass is 10.1. The van der Waals surface area contributed by atoms with Crippen LogP contribution in [-0.2, 0) is 0 Å². The summed E-state index contributed by atoms with van der Waals surface area (Å²) in [6, 6.07) is 12.1. The molecule has 2 N–H and O–H groups in total. The van der Waals surface area contributed by atoms with E-state index < -0.39 is 0 Å². The zero-order chi connectivity index (χ0) is 16.4. The van der Waals surface area contributed by atoms with Crippen molar-refractivity contribution in [3.8, 4) is 5.69 Å². The Morgan fingerprint density at radius 1 is 1.25 bits per heavy atom. The van der Waals surface area contributed by atoms with Crippen LogP contribution >= 0.6 is 12.4 Å². The molecule has 2 heterocycles. The number of hydrogen-bond acceptors (Lipinski definition) is 4. The van der Waals surface area contributed by atoms with Crippen molar-refractivity contribution in [1.29, 1.82) is 0 Å². The number of para-hydroxylation sites is 1. The summed E-state index contributed by atoms with van der Waals surface area (Å²) >= 11 is 0. The van der Waals surface area contributed by atoms with E-state index in [0.29, 0.717) is 24.7 Å². The van der Waals surface area contributed by atoms with Crippen LogP contribution in [0.1, 0.15) is 23.8 Å². The molecule has 0 bridgehead atoms. The molecule has 0 radical (unpaired) electrons. The number of aromatic nitrogens is 2. The molecule has 1 aliphatic heterocycles. The summed E-state index contributed by atoms with van der Waals surface area (Å²) in [6.45, 7) is 3.23. The smallest absolute Gasteiger partial charge is 0.274 e. The molecular formula is C17H21ClN4O2. The molecule has 1 aliphatic rings. The summed E-state index contributed by atoms with van der Waals surface area (Å²) in [6.07, 6.45) is 0.903. The molecule has 6 nitrogen and oxygen atoms in total. The SMILES string of the molecule is CC1CC(CN)CN1C(=O)c1ccc(=O)n(-c2ccccc2)n1.Cl. The zero-order valence-electron chi connectivity index (χ0n) is 13.5. The summed E-state index contributed by atoms with van der Waals surface area (Å²) in [4.78, 5) is 26.5. The first-order valence-corrected chi connectivity index (χ1v) is 7.77. The van der Waals surface area contributed by atoms with Crippen LogP contribution in [0.5, 0.6) is 0 Å². The van der Waals surface area contributed by atoms with Crippen LogP contribution in [0.3, 0.4) is 0 Å². The molecule has 1 aromatic heterocycles. The summed E-state index contributed by atoms with van der Waals surface area (Å²) in [5.74, 6) is 0.173. The van der Waals surface area contributed by atoms with Gasteiger partial charge in [-0.05, 0) is 44.0 Å². The van der Waals surface area contributed by atoms with E-state index in [9.17, 15) is 9.59 Å². The summed E-state index contributed by atoms with van der Waals surface area (Å²) in [5.41, 5.74) is 6.37. The van der Waals surface area contributed by atoms with Crippen molar-refractivity contribution in [3.63, 3.8) is 0 Å². The number of carbonyl (C=O) groups excluding carboxylic acids is 1. The first kappa shape index (κ1) is 18.2. The van der Waals surface area contributed by atoms with Crippen molar-refractivity contribution in [1.82, 2.24) is 14.7 Å². The summed E-state index contributed by atoms with van der Waals surface area (Å²) in [7, 11) is 0. The highest BCUT2D eigenvalue weighted by atomic mass is 35.5. The molecule has 1 fully saturated rings. The number of likely N-dealkylation sites (tertiary alicyclic amines) is 1. The molecule has 128 valence electrons. The highest BCUT2D eigenvalue weighted by Gasteiger charge is 2.32. The predicted octanol–water partition coefficient (Wildman–Crippen LogP) is 1.46. The van der Waals surface area contributed by atoms with E-state index in [1.807, 2.05) is 25.1 Å². The predicted molar refractivity (Wildman–Crippen MR) is 94.7 cm³/mol. The summed E-state index contributed by atoms with van der Waals surface area (Å²) in [5, 5.41) is 4.25. The standard InChI is InChI=1S/C17H20N4O2.ClH/c1-12-9-13(10-18)11-20(12)17(23)15-7-8-16(22)21(19-15)14-5-3-2-4-6-14;/h2-8,12-13H,9-11,18H2,1H3;1H. The lowest BCUT2D eigenvalue weighted by Gasteiger charge is -2.21. The molecule has 1 aromatic carbocycles. The minimum absolute atomic E-state index is 0. The second-order valence-electron chi connectivity index (χ2n) is 5.95. The first-order chi connectivity index (χ1) is 11.1. The van der Waals surface area contributed by atoms with E-state index >= 15 is 0 Å². The van der Waals surface area contributed by atoms with Crippen LogP contribution in [0.25, 0.3) is 5.69 Å². The number of halogens is 1. The average Bonchev–Trinajstić information content (AvgIpc) is 2.96. The van der Waals surface area contributed by atoms with Gasteiger partial charge in [-0.25, -0.2) is 0 Å². The molecule has 2 aromatic rings. The Morgan fingerprint density at radius 2 is 1.96 bits per heavy atom. The second kappa shape index (κ2) is 7.59. The van der Waals surface area contributed by atoms with Gasteiger partial charge in [0.2, 0.25) is 0 Å². The van der Waals surface area contributed by atoms with Gasteiger partial charge in [-0.2, -0.15) is 9.78 Å². The molecular weight excluding hydrogens is 328 g/mol. The lowest BCUT2D eigenvalue weighted by Crippen LogP contribution is -2.36. The average molecular weight is 349 g/mol. The van der Waals surface area contributed by atoms with Crippen molar-refractivity contribution in [2.24, 2.45) is 11.7 Å². The van der Waals surface area contributed by atoms with Gasteiger partial charge in [0.05, 0.1) is 5.69 Å². The topological polar surface area (TPSA) is 81.2 Å². The van der Waals surface area contributed by atoms with E-state index in [0.717, 1.165) is 6.42 Å². The Bertz CT molecular complexity index is 763. The quantitative estimate of drug-likeness (QED) is 0.910. The molecule has 2 atom stereocenters. The third-order valence-corrected chi connectivity index (χ3v) is 4.28. The monoisotopic (exact) mass is 348 g/mol. The van der Waals surface area contributed by atoms with Gasteiger partial charge in [0, 0.05) is 18.7 Å². The van der Waals surface area contributed by atoms with E-state index in [-0.39, 0.29) is 35.6 Å². The number of amides is 1. The van der Waals surface area contributed by atoms with Gasteiger partial charge >= 0.3 is 0 Å². The number of nitrogens with zero attached hydrogens (tertiary/aromatic N) is 3. The molecule has 0 saturated carbocycles. The van der Waals surface area contributed by atoms with E-state index in [2.05, 4.69) is 5.10 Å². The maximum absolute atomic E-state index is 12.7. The van der Waals surface area contributed by atoms with Crippen LogP contribution in [0.4, 0.5) is 0 Å². The summed E-state index contributed by atoms with van der Waals surface area (Å²) < 4.78 is 1.26. The van der Waals surface area contributed by atoms with Gasteiger partial charge in [0.25, 0.3) is 11.5 Å². The zero-order valence-corrected chi connectivity index (χ0v) is 14.3. The van der Waals surface area contributed by atoms with Gasteiger partial charge in [0.1, 0.15) is 5.69 Å². The Kier molecular flexibility index (Phi) is 5.75. The van der Waals surface area contributed by atoms with Crippen LogP contribution in [0, 0.1) is 5.92 Å². The third kappa shape index (κ3) is 3.49. The van der Waals surface area contributed by atoms with Gasteiger partial charge < -0.3 is 10.6 Å². The van der Waals surface area contributed by atoms with Crippen molar-refractivity contribution < 1.29 is 4.79 Å². The Balaban J connectivity index is 0.00000208. The highest BCUT2D eigenvalue weighted by Crippen LogP contribution is 2.23. The van der Waals surface area contributed by atoms with Gasteiger partial charge in [-0.15, -0.1) is 12.4 Å². The largest absolute Gasteiger partial charge is 0.334 e. The molecule has 1 saturated heterocycles. The third-order valence-electron chi connectivity index (χ3n) is 4.28. The molecule has 24 heavy (non-hydrogen) atoms. The molecule has 0 spiro atoms. The van der Waals surface area contributed by atoms with Crippen molar-refractivity contribution >= 4 is 18.3 Å². The number of hydrogen-bond donors (Lipinski definition) is 1. The Labute approximate surface area is 146 Å². The van der Waals surface area contributed by atoms with Crippen LogP contribution in [-0.4, -0.2) is 39.7 Å². The fourth-order valence-corrected chi connectivity index (χ4v) is 3.02. The first-order valence-electron chi connectivity index (χ1n) is 7.77. The van der Waals surface area contributed by atoms with Gasteiger partial charge in [0.15, 0.2) is 0 Å². The van der Waals surface area contributed by atoms with E-state index in [1.165, 1.54) is 16.8 Å². The van der Waals surface area contributed by atoms with Crippen LogP contribution < -0.4 is 11.3 Å². The molecule has 0 aliphatic carbocycles. The van der Waals surface area contributed by atoms with Crippen molar-refractivity contribution in [2.45, 2.75) is 19.4 Å². The number of nitrogens with two attached hydrogens (primary N) is 1. The maximum Gasteiger partial charge on any atom is 0.274 e. The lowest BCUT2D eigenvalue weighted by molar-refractivity contribution is 0.0735. The normalized spacial score (nSPS) is 19.8. The number of carbonyl (C=O) groups is 1. The minimum atomic E-state index is -0.262. The van der Waals surface area contributed by atoms with E-state index in [1.54, 1.807) is 17.0 Å². The molecule has 2 unspecified atom stereocenters. The van der Waals surface area contributed by atoms with Gasteiger partial charge in [-0.3, -0.25) is 9.59 Å². The molecule has 1 amide bonds. The van der Waals surface area contributed by atoms with Crippen molar-refractivity contribution in [2.75, 3.05) is 13.1 Å². The van der Waals surface area contributed by atoms with E-state index in [4.69, 9.17) is 5.73 Å². The molecule has 3 rings (SSSR count).